The quantitative estimate of drug-likeness (QED) is 0.284. The first kappa shape index (κ1) is 25.0. The second kappa shape index (κ2) is 9.66. The van der Waals surface area contributed by atoms with Crippen LogP contribution in [0, 0.1) is 0 Å². The summed E-state index contributed by atoms with van der Waals surface area (Å²) in [6.07, 6.45) is 11.8. The van der Waals surface area contributed by atoms with E-state index in [9.17, 15) is 9.90 Å². The van der Waals surface area contributed by atoms with Gasteiger partial charge < -0.3 is 15.0 Å². The predicted octanol–water partition coefficient (Wildman–Crippen LogP) is 5.64. The Kier molecular flexibility index (Phi) is 5.75. The van der Waals surface area contributed by atoms with Gasteiger partial charge in [0.15, 0.2) is 0 Å². The lowest BCUT2D eigenvalue weighted by Gasteiger charge is -2.28. The molecule has 8 rings (SSSR count). The van der Waals surface area contributed by atoms with Crippen molar-refractivity contribution in [1.29, 1.82) is 0 Å². The molecule has 0 radical (unpaired) electrons. The summed E-state index contributed by atoms with van der Waals surface area (Å²) in [6, 6.07) is 15.8. The second-order valence-corrected chi connectivity index (χ2v) is 11.7. The molecular weight excluding hydrogens is 526 g/mol. The number of rotatable bonds is 5. The predicted molar refractivity (Wildman–Crippen MR) is 163 cm³/mol. The molecule has 0 amide bonds. The number of pyridine rings is 1. The molecule has 0 unspecified atom stereocenters. The standard InChI is InChI=1S/C33H31N7O2/c1-38-12-10-24(11-13-38)40-18-23(17-36-40)28-16-27-30(34-19-35-32(27)37-28)26-3-2-4-29(31(26)41)39-14-9-22-15-21(20-5-6-20)7-8-25(22)33(39)42/h2-4,7-9,14-20,24,41H,5-6,10-13H2,1H3,(H,34,35,37). The van der Waals surface area contributed by atoms with Gasteiger partial charge in [-0.25, -0.2) is 9.97 Å². The Hall–Kier alpha value is -4.76. The molecule has 0 atom stereocenters. The summed E-state index contributed by atoms with van der Waals surface area (Å²) in [7, 11) is 2.16. The molecule has 0 bridgehead atoms. The van der Waals surface area contributed by atoms with E-state index in [1.165, 1.54) is 29.3 Å². The van der Waals surface area contributed by atoms with Crippen LogP contribution in [0.2, 0.25) is 0 Å². The Morgan fingerprint density at radius 3 is 2.67 bits per heavy atom. The molecular formula is C33H31N7O2. The first-order chi connectivity index (χ1) is 20.5. The minimum Gasteiger partial charge on any atom is -0.505 e. The summed E-state index contributed by atoms with van der Waals surface area (Å²) in [5.41, 5.74) is 5.18. The van der Waals surface area contributed by atoms with E-state index in [-0.39, 0.29) is 11.3 Å². The fourth-order valence-corrected chi connectivity index (χ4v) is 6.29. The summed E-state index contributed by atoms with van der Waals surface area (Å²) in [5, 5.41) is 18.5. The molecule has 1 saturated heterocycles. The third-order valence-corrected chi connectivity index (χ3v) is 8.91. The Bertz CT molecular complexity index is 2030. The molecule has 5 heterocycles. The lowest BCUT2D eigenvalue weighted by atomic mass is 10.0. The number of aromatic nitrogens is 6. The normalized spacial score (nSPS) is 16.5. The number of hydrogen-bond donors (Lipinski definition) is 2. The molecule has 6 aromatic rings. The fraction of sp³-hybridized carbons (Fsp3) is 0.273. The summed E-state index contributed by atoms with van der Waals surface area (Å²) < 4.78 is 3.58. The molecule has 210 valence electrons. The first-order valence-corrected chi connectivity index (χ1v) is 14.6. The second-order valence-electron chi connectivity index (χ2n) is 11.7. The van der Waals surface area contributed by atoms with Gasteiger partial charge in [-0.3, -0.25) is 14.0 Å². The SMILES string of the molecule is CN1CCC(n2cc(-c3cc4c(-c5cccc(-n6ccc7cc(C8CC8)ccc7c6=O)c5O)ncnc4[nH]3)cn2)CC1. The van der Waals surface area contributed by atoms with Gasteiger partial charge in [0.05, 0.1) is 29.3 Å². The number of para-hydroxylation sites is 1. The molecule has 1 aliphatic heterocycles. The molecule has 0 spiro atoms. The van der Waals surface area contributed by atoms with Gasteiger partial charge in [0.1, 0.15) is 17.7 Å². The molecule has 9 heteroatoms. The van der Waals surface area contributed by atoms with Crippen LogP contribution >= 0.6 is 0 Å². The van der Waals surface area contributed by atoms with Crippen molar-refractivity contribution in [2.75, 3.05) is 20.1 Å². The Balaban J connectivity index is 1.16. The van der Waals surface area contributed by atoms with Gasteiger partial charge >= 0.3 is 0 Å². The number of benzene rings is 2. The van der Waals surface area contributed by atoms with E-state index < -0.39 is 0 Å². The van der Waals surface area contributed by atoms with Crippen molar-refractivity contribution < 1.29 is 5.11 Å². The summed E-state index contributed by atoms with van der Waals surface area (Å²) in [5.74, 6) is 0.609. The number of likely N-dealkylation sites (tertiary alicyclic amines) is 1. The minimum absolute atomic E-state index is 0.00798. The molecule has 9 nitrogen and oxygen atoms in total. The van der Waals surface area contributed by atoms with Crippen molar-refractivity contribution >= 4 is 21.8 Å². The number of fused-ring (bicyclic) bond motifs is 2. The minimum atomic E-state index is -0.166. The van der Waals surface area contributed by atoms with E-state index in [2.05, 4.69) is 55.0 Å². The Morgan fingerprint density at radius 2 is 1.83 bits per heavy atom. The van der Waals surface area contributed by atoms with Gasteiger partial charge in [-0.2, -0.15) is 5.10 Å². The Labute approximate surface area is 242 Å². The zero-order valence-corrected chi connectivity index (χ0v) is 23.4. The highest BCUT2D eigenvalue weighted by molar-refractivity contribution is 5.96. The summed E-state index contributed by atoms with van der Waals surface area (Å²) >= 11 is 0. The van der Waals surface area contributed by atoms with Crippen molar-refractivity contribution in [3.05, 3.63) is 89.4 Å². The van der Waals surface area contributed by atoms with Crippen LogP contribution < -0.4 is 5.56 Å². The molecule has 1 aliphatic carbocycles. The topological polar surface area (TPSA) is 105 Å². The Morgan fingerprint density at radius 1 is 0.976 bits per heavy atom. The monoisotopic (exact) mass is 557 g/mol. The third kappa shape index (κ3) is 4.19. The van der Waals surface area contributed by atoms with Crippen molar-refractivity contribution in [2.24, 2.45) is 0 Å². The van der Waals surface area contributed by atoms with E-state index in [1.54, 1.807) is 12.3 Å². The van der Waals surface area contributed by atoms with Crippen LogP contribution in [0.5, 0.6) is 5.75 Å². The number of H-pyrrole nitrogens is 1. The highest BCUT2D eigenvalue weighted by atomic mass is 16.3. The average Bonchev–Trinajstić information content (AvgIpc) is 3.57. The highest BCUT2D eigenvalue weighted by Gasteiger charge is 2.24. The van der Waals surface area contributed by atoms with Crippen LogP contribution in [-0.4, -0.2) is 59.4 Å². The van der Waals surface area contributed by atoms with Gasteiger partial charge in [0.2, 0.25) is 0 Å². The van der Waals surface area contributed by atoms with Crippen molar-refractivity contribution in [2.45, 2.75) is 37.6 Å². The number of piperidine rings is 1. The summed E-state index contributed by atoms with van der Waals surface area (Å²) in [6.45, 7) is 2.14. The third-order valence-electron chi connectivity index (χ3n) is 8.91. The number of hydrogen-bond acceptors (Lipinski definition) is 6. The molecule has 2 aliphatic rings. The van der Waals surface area contributed by atoms with E-state index in [0.29, 0.717) is 39.9 Å². The van der Waals surface area contributed by atoms with E-state index >= 15 is 0 Å². The largest absolute Gasteiger partial charge is 0.505 e. The van der Waals surface area contributed by atoms with Gasteiger partial charge in [0.25, 0.3) is 5.56 Å². The first-order valence-electron chi connectivity index (χ1n) is 14.6. The van der Waals surface area contributed by atoms with Gasteiger partial charge in [-0.05, 0) is 93.0 Å². The molecule has 2 aromatic carbocycles. The maximum Gasteiger partial charge on any atom is 0.263 e. The molecule has 2 fully saturated rings. The maximum atomic E-state index is 13.5. The number of aromatic hydroxyl groups is 1. The number of nitrogens with one attached hydrogen (secondary N) is 1. The van der Waals surface area contributed by atoms with Crippen molar-refractivity contribution in [3.8, 4) is 34.0 Å². The average molecular weight is 558 g/mol. The zero-order chi connectivity index (χ0) is 28.4. The number of aromatic amines is 1. The summed E-state index contributed by atoms with van der Waals surface area (Å²) in [4.78, 5) is 28.3. The van der Waals surface area contributed by atoms with E-state index in [0.717, 1.165) is 48.0 Å². The van der Waals surface area contributed by atoms with Crippen LogP contribution in [-0.2, 0) is 0 Å². The van der Waals surface area contributed by atoms with E-state index in [4.69, 9.17) is 0 Å². The number of phenolic OH excluding ortho intramolecular Hbond substituents is 1. The van der Waals surface area contributed by atoms with Crippen molar-refractivity contribution in [1.82, 2.24) is 34.2 Å². The lowest BCUT2D eigenvalue weighted by molar-refractivity contribution is 0.212. The lowest BCUT2D eigenvalue weighted by Crippen LogP contribution is -2.31. The van der Waals surface area contributed by atoms with Gasteiger partial charge in [-0.1, -0.05) is 18.2 Å². The van der Waals surface area contributed by atoms with Crippen LogP contribution in [0.1, 0.15) is 43.2 Å². The van der Waals surface area contributed by atoms with Crippen LogP contribution in [0.4, 0.5) is 0 Å². The van der Waals surface area contributed by atoms with Crippen LogP contribution in [0.3, 0.4) is 0 Å². The molecule has 1 saturated carbocycles. The van der Waals surface area contributed by atoms with Gasteiger partial charge in [-0.15, -0.1) is 0 Å². The smallest absolute Gasteiger partial charge is 0.263 e. The fourth-order valence-electron chi connectivity index (χ4n) is 6.29. The number of phenols is 1. The van der Waals surface area contributed by atoms with Crippen LogP contribution in [0.25, 0.3) is 50.0 Å². The van der Waals surface area contributed by atoms with Crippen molar-refractivity contribution in [3.63, 3.8) is 0 Å². The molecule has 2 N–H and O–H groups in total. The van der Waals surface area contributed by atoms with Crippen LogP contribution in [0.15, 0.2) is 78.2 Å². The highest BCUT2D eigenvalue weighted by Crippen LogP contribution is 2.41. The number of nitrogens with zero attached hydrogens (tertiary/aromatic N) is 6. The molecule has 4 aromatic heterocycles. The zero-order valence-electron chi connectivity index (χ0n) is 23.4. The maximum absolute atomic E-state index is 13.5. The van der Waals surface area contributed by atoms with Gasteiger partial charge in [0, 0.05) is 34.3 Å². The van der Waals surface area contributed by atoms with E-state index in [1.807, 2.05) is 36.5 Å². The molecule has 42 heavy (non-hydrogen) atoms.